The van der Waals surface area contributed by atoms with Gasteiger partial charge in [0.1, 0.15) is 5.75 Å². The maximum Gasteiger partial charge on any atom is 0.255 e. The number of fused-ring (bicyclic) bond motifs is 1. The molecule has 1 aromatic heterocycles. The molecule has 6 nitrogen and oxygen atoms in total. The molecule has 1 heterocycles. The highest BCUT2D eigenvalue weighted by Gasteiger charge is 2.10. The van der Waals surface area contributed by atoms with Gasteiger partial charge in [-0.1, -0.05) is 11.8 Å². The van der Waals surface area contributed by atoms with E-state index in [0.29, 0.717) is 17.9 Å². The number of carbonyl (C=O) groups excluding carboxylic acids is 2. The van der Waals surface area contributed by atoms with Crippen LogP contribution < -0.4 is 15.8 Å². The number of rotatable bonds is 7. The molecule has 0 radical (unpaired) electrons. The SMILES string of the molecule is CCOc1ccc(C(=O)Nc2ccc3nc(SCC(N)=O)sc3c2)cc1. The zero-order valence-corrected chi connectivity index (χ0v) is 15.7. The molecule has 2 amide bonds. The molecule has 0 atom stereocenters. The molecule has 2 aromatic carbocycles. The summed E-state index contributed by atoms with van der Waals surface area (Å²) in [4.78, 5) is 27.7. The minimum absolute atomic E-state index is 0.194. The van der Waals surface area contributed by atoms with Crippen molar-refractivity contribution in [3.8, 4) is 5.75 Å². The Labute approximate surface area is 158 Å². The molecule has 3 N–H and O–H groups in total. The molecule has 0 saturated carbocycles. The lowest BCUT2D eigenvalue weighted by Gasteiger charge is -2.07. The molecule has 134 valence electrons. The number of benzene rings is 2. The topological polar surface area (TPSA) is 94.3 Å². The molecule has 0 saturated heterocycles. The molecule has 26 heavy (non-hydrogen) atoms. The summed E-state index contributed by atoms with van der Waals surface area (Å²) < 4.78 is 7.08. The summed E-state index contributed by atoms with van der Waals surface area (Å²) in [7, 11) is 0. The monoisotopic (exact) mass is 387 g/mol. The van der Waals surface area contributed by atoms with Gasteiger partial charge < -0.3 is 15.8 Å². The Bertz CT molecular complexity index is 939. The van der Waals surface area contributed by atoms with Crippen LogP contribution in [0.25, 0.3) is 10.2 Å². The number of amides is 2. The average Bonchev–Trinajstić information content (AvgIpc) is 3.03. The fourth-order valence-corrected chi connectivity index (χ4v) is 4.10. The molecule has 0 fully saturated rings. The molecule has 0 aliphatic rings. The van der Waals surface area contributed by atoms with E-state index in [2.05, 4.69) is 10.3 Å². The predicted molar refractivity (Wildman–Crippen MR) is 105 cm³/mol. The lowest BCUT2D eigenvalue weighted by Crippen LogP contribution is -2.12. The quantitative estimate of drug-likeness (QED) is 0.605. The van der Waals surface area contributed by atoms with E-state index in [1.54, 1.807) is 30.3 Å². The lowest BCUT2D eigenvalue weighted by atomic mass is 10.2. The van der Waals surface area contributed by atoms with Crippen molar-refractivity contribution in [2.45, 2.75) is 11.3 Å². The number of nitrogens with one attached hydrogen (secondary N) is 1. The summed E-state index contributed by atoms with van der Waals surface area (Å²) in [5, 5.41) is 2.88. The van der Waals surface area contributed by atoms with Crippen molar-refractivity contribution in [3.05, 3.63) is 48.0 Å². The second-order valence-electron chi connectivity index (χ2n) is 5.33. The number of hydrogen-bond donors (Lipinski definition) is 2. The van der Waals surface area contributed by atoms with Crippen LogP contribution in [-0.2, 0) is 4.79 Å². The van der Waals surface area contributed by atoms with Crippen LogP contribution in [0.5, 0.6) is 5.75 Å². The molecule has 0 unspecified atom stereocenters. The zero-order valence-electron chi connectivity index (χ0n) is 14.0. The maximum absolute atomic E-state index is 12.4. The van der Waals surface area contributed by atoms with Crippen LogP contribution >= 0.6 is 23.1 Å². The van der Waals surface area contributed by atoms with Crippen LogP contribution in [0.4, 0.5) is 5.69 Å². The van der Waals surface area contributed by atoms with Crippen molar-refractivity contribution in [1.82, 2.24) is 4.98 Å². The highest BCUT2D eigenvalue weighted by atomic mass is 32.2. The molecule has 0 bridgehead atoms. The third-order valence-electron chi connectivity index (χ3n) is 3.39. The molecule has 3 rings (SSSR count). The summed E-state index contributed by atoms with van der Waals surface area (Å²) in [6, 6.07) is 12.5. The van der Waals surface area contributed by atoms with Crippen molar-refractivity contribution < 1.29 is 14.3 Å². The number of nitrogens with zero attached hydrogens (tertiary/aromatic N) is 1. The number of carbonyl (C=O) groups is 2. The summed E-state index contributed by atoms with van der Waals surface area (Å²) in [6.45, 7) is 2.49. The van der Waals surface area contributed by atoms with Crippen molar-refractivity contribution in [2.75, 3.05) is 17.7 Å². The van der Waals surface area contributed by atoms with Gasteiger partial charge in [-0.25, -0.2) is 4.98 Å². The van der Waals surface area contributed by atoms with Gasteiger partial charge in [-0.2, -0.15) is 0 Å². The van der Waals surface area contributed by atoms with Gasteiger partial charge in [0, 0.05) is 11.3 Å². The fraction of sp³-hybridized carbons (Fsp3) is 0.167. The van der Waals surface area contributed by atoms with Gasteiger partial charge in [0.15, 0.2) is 4.34 Å². The number of ether oxygens (including phenoxy) is 1. The minimum Gasteiger partial charge on any atom is -0.494 e. The standard InChI is InChI=1S/C18H17N3O3S2/c1-2-24-13-6-3-11(4-7-13)17(23)20-12-5-8-14-15(9-12)26-18(21-14)25-10-16(19)22/h3-9H,2,10H2,1H3,(H2,19,22)(H,20,23). The summed E-state index contributed by atoms with van der Waals surface area (Å²) in [5.74, 6) is 0.357. The van der Waals surface area contributed by atoms with Crippen LogP contribution in [0.15, 0.2) is 46.8 Å². The summed E-state index contributed by atoms with van der Waals surface area (Å²) >= 11 is 2.77. The van der Waals surface area contributed by atoms with Crippen LogP contribution in [0, 0.1) is 0 Å². The van der Waals surface area contributed by atoms with Crippen molar-refractivity contribution in [3.63, 3.8) is 0 Å². The first-order valence-electron chi connectivity index (χ1n) is 7.91. The third kappa shape index (κ3) is 4.53. The van der Waals surface area contributed by atoms with E-state index in [1.165, 1.54) is 23.1 Å². The van der Waals surface area contributed by atoms with Gasteiger partial charge in [-0.15, -0.1) is 11.3 Å². The number of aromatic nitrogens is 1. The highest BCUT2D eigenvalue weighted by molar-refractivity contribution is 8.01. The van der Waals surface area contributed by atoms with E-state index in [0.717, 1.165) is 20.3 Å². The smallest absolute Gasteiger partial charge is 0.255 e. The van der Waals surface area contributed by atoms with Crippen molar-refractivity contribution >= 4 is 50.8 Å². The van der Waals surface area contributed by atoms with E-state index >= 15 is 0 Å². The predicted octanol–water partition coefficient (Wildman–Crippen LogP) is 3.52. The van der Waals surface area contributed by atoms with E-state index in [-0.39, 0.29) is 17.6 Å². The fourth-order valence-electron chi connectivity index (χ4n) is 2.25. The Morgan fingerprint density at radius 3 is 2.69 bits per heavy atom. The average molecular weight is 387 g/mol. The number of thioether (sulfide) groups is 1. The second kappa shape index (κ2) is 8.20. The van der Waals surface area contributed by atoms with Crippen LogP contribution in [0.1, 0.15) is 17.3 Å². The van der Waals surface area contributed by atoms with E-state index in [1.807, 2.05) is 19.1 Å². The molecular formula is C18H17N3O3S2. The number of thiazole rings is 1. The minimum atomic E-state index is -0.377. The molecule has 0 aliphatic heterocycles. The first-order chi connectivity index (χ1) is 12.5. The van der Waals surface area contributed by atoms with E-state index in [4.69, 9.17) is 10.5 Å². The number of hydrogen-bond acceptors (Lipinski definition) is 6. The number of anilines is 1. The second-order valence-corrected chi connectivity index (χ2v) is 7.58. The third-order valence-corrected chi connectivity index (χ3v) is 5.58. The lowest BCUT2D eigenvalue weighted by molar-refractivity contribution is -0.115. The Morgan fingerprint density at radius 1 is 1.23 bits per heavy atom. The highest BCUT2D eigenvalue weighted by Crippen LogP contribution is 2.31. The molecule has 0 aliphatic carbocycles. The number of primary amides is 1. The van der Waals surface area contributed by atoms with Gasteiger partial charge in [0.25, 0.3) is 5.91 Å². The van der Waals surface area contributed by atoms with Gasteiger partial charge >= 0.3 is 0 Å². The molecule has 8 heteroatoms. The molecule has 3 aromatic rings. The van der Waals surface area contributed by atoms with Crippen molar-refractivity contribution in [2.24, 2.45) is 5.73 Å². The van der Waals surface area contributed by atoms with Crippen molar-refractivity contribution in [1.29, 1.82) is 0 Å². The number of nitrogens with two attached hydrogens (primary N) is 1. The van der Waals surface area contributed by atoms with Gasteiger partial charge in [0.05, 0.1) is 22.6 Å². The Balaban J connectivity index is 1.71. The summed E-state index contributed by atoms with van der Waals surface area (Å²) in [6.07, 6.45) is 0. The Hall–Kier alpha value is -2.58. The Morgan fingerprint density at radius 2 is 2.00 bits per heavy atom. The Kier molecular flexibility index (Phi) is 5.75. The van der Waals surface area contributed by atoms with Crippen LogP contribution in [-0.4, -0.2) is 29.2 Å². The zero-order chi connectivity index (χ0) is 18.5. The van der Waals surface area contributed by atoms with Gasteiger partial charge in [0.2, 0.25) is 5.91 Å². The largest absolute Gasteiger partial charge is 0.494 e. The van der Waals surface area contributed by atoms with Gasteiger partial charge in [-0.3, -0.25) is 9.59 Å². The van der Waals surface area contributed by atoms with Crippen LogP contribution in [0.3, 0.4) is 0 Å². The molecular weight excluding hydrogens is 370 g/mol. The first-order valence-corrected chi connectivity index (χ1v) is 9.71. The van der Waals surface area contributed by atoms with E-state index in [9.17, 15) is 9.59 Å². The first kappa shape index (κ1) is 18.2. The van der Waals surface area contributed by atoms with Crippen LogP contribution in [0.2, 0.25) is 0 Å². The molecule has 0 spiro atoms. The normalized spacial score (nSPS) is 10.7. The van der Waals surface area contributed by atoms with E-state index < -0.39 is 0 Å². The van der Waals surface area contributed by atoms with Gasteiger partial charge in [-0.05, 0) is 49.4 Å². The maximum atomic E-state index is 12.4. The summed E-state index contributed by atoms with van der Waals surface area (Å²) in [5.41, 5.74) is 7.22.